The SMILES string of the molecule is CCCCCCCCCCCCCC(=O)O[C@H](CCCCCCCCCCC)CC(=O)N[C@@H]1[C@@H](OCc2ccccc2)[C@H](OCc2ccccc2)[C@@H](CO)O[C@H]1O. The molecule has 2 aromatic rings. The fourth-order valence-corrected chi connectivity index (χ4v) is 7.67. The third kappa shape index (κ3) is 21.1. The van der Waals surface area contributed by atoms with E-state index in [4.69, 9.17) is 18.9 Å². The van der Waals surface area contributed by atoms with Gasteiger partial charge in [0.05, 0.1) is 26.2 Å². The lowest BCUT2D eigenvalue weighted by Gasteiger charge is -2.44. The van der Waals surface area contributed by atoms with Crippen LogP contribution in [0.5, 0.6) is 0 Å². The van der Waals surface area contributed by atoms with Crippen LogP contribution in [0.3, 0.4) is 0 Å². The van der Waals surface area contributed by atoms with Crippen molar-refractivity contribution in [2.24, 2.45) is 0 Å². The lowest BCUT2D eigenvalue weighted by Crippen LogP contribution is -2.65. The Morgan fingerprint density at radius 3 is 1.60 bits per heavy atom. The molecule has 0 bridgehead atoms. The van der Waals surface area contributed by atoms with Gasteiger partial charge in [-0.15, -0.1) is 0 Å². The molecule has 9 heteroatoms. The Morgan fingerprint density at radius 1 is 0.649 bits per heavy atom. The van der Waals surface area contributed by atoms with Crippen LogP contribution in [-0.2, 0) is 41.8 Å². The number of benzene rings is 2. The van der Waals surface area contributed by atoms with Crippen LogP contribution in [0, 0.1) is 0 Å². The number of ether oxygens (including phenoxy) is 4. The van der Waals surface area contributed by atoms with Crippen molar-refractivity contribution in [2.45, 2.75) is 211 Å². The van der Waals surface area contributed by atoms with E-state index in [0.717, 1.165) is 49.7 Å². The fourth-order valence-electron chi connectivity index (χ4n) is 7.67. The van der Waals surface area contributed by atoms with E-state index < -0.39 is 43.4 Å². The summed E-state index contributed by atoms with van der Waals surface area (Å²) < 4.78 is 24.6. The first-order valence-corrected chi connectivity index (χ1v) is 22.7. The number of rotatable bonds is 33. The predicted octanol–water partition coefficient (Wildman–Crippen LogP) is 10.3. The van der Waals surface area contributed by atoms with Crippen LogP contribution in [0.15, 0.2) is 60.7 Å². The summed E-state index contributed by atoms with van der Waals surface area (Å²) in [7, 11) is 0. The van der Waals surface area contributed by atoms with E-state index >= 15 is 0 Å². The molecule has 57 heavy (non-hydrogen) atoms. The molecule has 0 saturated carbocycles. The number of aliphatic hydroxyl groups excluding tert-OH is 2. The van der Waals surface area contributed by atoms with Crippen molar-refractivity contribution in [3.63, 3.8) is 0 Å². The van der Waals surface area contributed by atoms with Gasteiger partial charge in [-0.05, 0) is 30.4 Å². The average Bonchev–Trinajstić information content (AvgIpc) is 3.22. The van der Waals surface area contributed by atoms with Crippen LogP contribution < -0.4 is 5.32 Å². The monoisotopic (exact) mass is 796 g/mol. The molecular formula is C48H77NO8. The first kappa shape index (κ1) is 48.5. The Hall–Kier alpha value is -2.82. The Kier molecular flexibility index (Phi) is 26.5. The smallest absolute Gasteiger partial charge is 0.306 e. The minimum absolute atomic E-state index is 0.0331. The van der Waals surface area contributed by atoms with E-state index in [1.807, 2.05) is 60.7 Å². The van der Waals surface area contributed by atoms with E-state index in [1.54, 1.807) is 0 Å². The molecule has 0 unspecified atom stereocenters. The topological polar surface area (TPSA) is 124 Å². The molecule has 0 aliphatic carbocycles. The maximum atomic E-state index is 13.8. The molecule has 1 saturated heterocycles. The molecule has 322 valence electrons. The molecule has 1 aliphatic heterocycles. The summed E-state index contributed by atoms with van der Waals surface area (Å²) in [5.41, 5.74) is 1.84. The molecule has 2 aromatic carbocycles. The van der Waals surface area contributed by atoms with E-state index in [2.05, 4.69) is 19.2 Å². The average molecular weight is 796 g/mol. The first-order valence-electron chi connectivity index (χ1n) is 22.7. The summed E-state index contributed by atoms with van der Waals surface area (Å²) in [6.07, 6.45) is 20.2. The summed E-state index contributed by atoms with van der Waals surface area (Å²) in [6.45, 7) is 4.50. The van der Waals surface area contributed by atoms with Crippen molar-refractivity contribution in [3.05, 3.63) is 71.8 Å². The molecule has 1 aliphatic rings. The number of hydrogen-bond acceptors (Lipinski definition) is 8. The summed E-state index contributed by atoms with van der Waals surface area (Å²) in [6, 6.07) is 18.3. The number of amides is 1. The highest BCUT2D eigenvalue weighted by Gasteiger charge is 2.47. The highest BCUT2D eigenvalue weighted by molar-refractivity contribution is 5.77. The summed E-state index contributed by atoms with van der Waals surface area (Å²) in [4.78, 5) is 26.9. The Balaban J connectivity index is 1.60. The van der Waals surface area contributed by atoms with Crippen molar-refractivity contribution in [2.75, 3.05) is 6.61 Å². The minimum atomic E-state index is -1.46. The number of unbranched alkanes of at least 4 members (excludes halogenated alkanes) is 18. The van der Waals surface area contributed by atoms with Gasteiger partial charge in [0.1, 0.15) is 30.5 Å². The van der Waals surface area contributed by atoms with Gasteiger partial charge in [0.2, 0.25) is 5.91 Å². The van der Waals surface area contributed by atoms with Crippen LogP contribution in [0.4, 0.5) is 0 Å². The lowest BCUT2D eigenvalue weighted by molar-refractivity contribution is -0.275. The zero-order valence-electron chi connectivity index (χ0n) is 35.5. The summed E-state index contributed by atoms with van der Waals surface area (Å²) in [5.74, 6) is -0.631. The zero-order chi connectivity index (χ0) is 40.8. The van der Waals surface area contributed by atoms with Crippen LogP contribution in [0.2, 0.25) is 0 Å². The van der Waals surface area contributed by atoms with Crippen molar-refractivity contribution in [3.8, 4) is 0 Å². The molecule has 1 amide bonds. The number of nitrogens with one attached hydrogen (secondary N) is 1. The molecule has 1 fully saturated rings. The van der Waals surface area contributed by atoms with Crippen molar-refractivity contribution < 1.29 is 38.7 Å². The van der Waals surface area contributed by atoms with E-state index in [-0.39, 0.29) is 31.5 Å². The Labute approximate surface area is 345 Å². The third-order valence-electron chi connectivity index (χ3n) is 11.1. The normalized spacial score (nSPS) is 20.0. The number of hydrogen-bond donors (Lipinski definition) is 3. The van der Waals surface area contributed by atoms with Crippen molar-refractivity contribution >= 4 is 11.9 Å². The van der Waals surface area contributed by atoms with Crippen molar-refractivity contribution in [1.82, 2.24) is 5.32 Å². The van der Waals surface area contributed by atoms with Gasteiger partial charge < -0.3 is 34.5 Å². The van der Waals surface area contributed by atoms with Crippen LogP contribution in [-0.4, -0.2) is 65.4 Å². The van der Waals surface area contributed by atoms with Gasteiger partial charge in [-0.25, -0.2) is 0 Å². The minimum Gasteiger partial charge on any atom is -0.462 e. The quantitative estimate of drug-likeness (QED) is 0.0482. The molecule has 1 heterocycles. The molecule has 3 rings (SSSR count). The molecule has 3 N–H and O–H groups in total. The molecule has 0 radical (unpaired) electrons. The second-order valence-electron chi connectivity index (χ2n) is 16.1. The second kappa shape index (κ2) is 31.1. The van der Waals surface area contributed by atoms with E-state index in [1.165, 1.54) is 89.9 Å². The maximum Gasteiger partial charge on any atom is 0.306 e. The Morgan fingerprint density at radius 2 is 1.11 bits per heavy atom. The van der Waals surface area contributed by atoms with Crippen molar-refractivity contribution in [1.29, 1.82) is 0 Å². The van der Waals surface area contributed by atoms with Gasteiger partial charge in [-0.1, -0.05) is 190 Å². The number of carbonyl (C=O) groups excluding carboxylic acids is 2. The van der Waals surface area contributed by atoms with Gasteiger partial charge in [0, 0.05) is 6.42 Å². The van der Waals surface area contributed by atoms with Gasteiger partial charge in [0.25, 0.3) is 0 Å². The predicted molar refractivity (Wildman–Crippen MR) is 227 cm³/mol. The van der Waals surface area contributed by atoms with Gasteiger partial charge in [0.15, 0.2) is 6.29 Å². The second-order valence-corrected chi connectivity index (χ2v) is 16.1. The lowest BCUT2D eigenvalue weighted by atomic mass is 9.95. The third-order valence-corrected chi connectivity index (χ3v) is 11.1. The Bertz CT molecular complexity index is 1280. The largest absolute Gasteiger partial charge is 0.462 e. The summed E-state index contributed by atoms with van der Waals surface area (Å²) >= 11 is 0. The molecule has 9 nitrogen and oxygen atoms in total. The van der Waals surface area contributed by atoms with Crippen LogP contribution in [0.25, 0.3) is 0 Å². The zero-order valence-corrected chi connectivity index (χ0v) is 35.5. The maximum absolute atomic E-state index is 13.8. The number of aliphatic hydroxyl groups is 2. The fraction of sp³-hybridized carbons (Fsp3) is 0.708. The summed E-state index contributed by atoms with van der Waals surface area (Å²) in [5, 5.41) is 24.5. The van der Waals surface area contributed by atoms with E-state index in [0.29, 0.717) is 12.8 Å². The highest BCUT2D eigenvalue weighted by atomic mass is 16.6. The van der Waals surface area contributed by atoms with Gasteiger partial charge in [-0.2, -0.15) is 0 Å². The van der Waals surface area contributed by atoms with Gasteiger partial charge >= 0.3 is 5.97 Å². The molecular weight excluding hydrogens is 719 g/mol. The highest BCUT2D eigenvalue weighted by Crippen LogP contribution is 2.28. The molecule has 0 aromatic heterocycles. The molecule has 0 spiro atoms. The standard InChI is InChI=1S/C48H77NO8/c1-3-5-7-9-11-13-14-16-18-20-28-34-44(52)56-41(33-27-19-17-15-12-10-8-6-4-2)35-43(51)49-45-47(55-38-40-31-25-22-26-32-40)46(42(36-50)57-48(45)53)54-37-39-29-23-21-24-30-39/h21-26,29-32,41-42,45-48,50,53H,3-20,27-28,33-38H2,1-2H3,(H,49,51)/t41-,42-,45-,46-,47-,48-/m1/s1. The molecule has 6 atom stereocenters. The van der Waals surface area contributed by atoms with Crippen LogP contribution >= 0.6 is 0 Å². The first-order chi connectivity index (χ1) is 27.9. The number of esters is 1. The van der Waals surface area contributed by atoms with Crippen LogP contribution in [0.1, 0.15) is 173 Å². The van der Waals surface area contributed by atoms with E-state index in [9.17, 15) is 19.8 Å². The number of carbonyl (C=O) groups is 2. The van der Waals surface area contributed by atoms with Gasteiger partial charge in [-0.3, -0.25) is 9.59 Å².